The van der Waals surface area contributed by atoms with Crippen LogP contribution in [0.5, 0.6) is 11.5 Å². The van der Waals surface area contributed by atoms with Crippen molar-refractivity contribution in [2.75, 3.05) is 20.7 Å². The molecule has 0 unspecified atom stereocenters. The first-order valence-corrected chi connectivity index (χ1v) is 10.0. The van der Waals surface area contributed by atoms with E-state index in [1.54, 1.807) is 19.2 Å². The summed E-state index contributed by atoms with van der Waals surface area (Å²) in [5, 5.41) is 12.3. The van der Waals surface area contributed by atoms with Crippen molar-refractivity contribution in [2.24, 2.45) is 0 Å². The Morgan fingerprint density at radius 2 is 1.60 bits per heavy atom. The number of carbonyl (C=O) groups is 1. The topological polar surface area (TPSA) is 61.8 Å². The summed E-state index contributed by atoms with van der Waals surface area (Å²) in [7, 11) is 3.75. The van der Waals surface area contributed by atoms with Gasteiger partial charge in [-0.15, -0.1) is 0 Å². The first kappa shape index (κ1) is 21.4. The third kappa shape index (κ3) is 6.09. The quantitative estimate of drug-likeness (QED) is 0.566. The maximum absolute atomic E-state index is 12.4. The number of nitrogens with one attached hydrogen (secondary N) is 1. The van der Waals surface area contributed by atoms with Gasteiger partial charge in [-0.1, -0.05) is 42.5 Å². The van der Waals surface area contributed by atoms with E-state index in [9.17, 15) is 9.90 Å². The van der Waals surface area contributed by atoms with Crippen molar-refractivity contribution in [3.63, 3.8) is 0 Å². The molecule has 0 saturated carbocycles. The van der Waals surface area contributed by atoms with Crippen molar-refractivity contribution in [2.45, 2.75) is 19.5 Å². The number of phenolic OH excluding ortho intramolecular Hbond substituents is 1. The van der Waals surface area contributed by atoms with Crippen molar-refractivity contribution in [3.8, 4) is 11.5 Å². The van der Waals surface area contributed by atoms with Crippen molar-refractivity contribution in [3.05, 3.63) is 95.1 Å². The van der Waals surface area contributed by atoms with Gasteiger partial charge in [0, 0.05) is 30.8 Å². The molecule has 2 N–H and O–H groups in total. The molecular formula is C25H28N2O3. The van der Waals surface area contributed by atoms with Crippen molar-refractivity contribution >= 4 is 5.91 Å². The molecule has 0 aliphatic heterocycles. The number of nitrogens with zero attached hydrogens (tertiary/aromatic N) is 1. The number of phenols is 1. The third-order valence-corrected chi connectivity index (χ3v) is 4.94. The highest BCUT2D eigenvalue weighted by Crippen LogP contribution is 2.19. The molecule has 0 atom stereocenters. The fourth-order valence-electron chi connectivity index (χ4n) is 3.34. The summed E-state index contributed by atoms with van der Waals surface area (Å²) in [4.78, 5) is 14.6. The van der Waals surface area contributed by atoms with Gasteiger partial charge >= 0.3 is 0 Å². The second-order valence-electron chi connectivity index (χ2n) is 7.35. The normalized spacial score (nSPS) is 10.8. The van der Waals surface area contributed by atoms with Crippen LogP contribution in [0.25, 0.3) is 0 Å². The predicted octanol–water partition coefficient (Wildman–Crippen LogP) is 4.01. The van der Waals surface area contributed by atoms with E-state index in [-0.39, 0.29) is 11.7 Å². The van der Waals surface area contributed by atoms with Crippen LogP contribution in [0.2, 0.25) is 0 Å². The van der Waals surface area contributed by atoms with E-state index >= 15 is 0 Å². The van der Waals surface area contributed by atoms with Crippen molar-refractivity contribution in [1.82, 2.24) is 10.2 Å². The largest absolute Gasteiger partial charge is 0.508 e. The Balaban J connectivity index is 1.48. The summed E-state index contributed by atoms with van der Waals surface area (Å²) in [6.45, 7) is 2.11. The lowest BCUT2D eigenvalue weighted by atomic mass is 10.1. The van der Waals surface area contributed by atoms with Gasteiger partial charge in [0.1, 0.15) is 11.5 Å². The van der Waals surface area contributed by atoms with Gasteiger partial charge in [0.15, 0.2) is 0 Å². The molecular weight excluding hydrogens is 376 g/mol. The zero-order valence-electron chi connectivity index (χ0n) is 17.5. The van der Waals surface area contributed by atoms with Crippen molar-refractivity contribution < 1.29 is 14.6 Å². The van der Waals surface area contributed by atoms with Gasteiger partial charge in [-0.3, -0.25) is 9.69 Å². The highest BCUT2D eigenvalue weighted by Gasteiger charge is 2.08. The Kier molecular flexibility index (Phi) is 7.46. The monoisotopic (exact) mass is 404 g/mol. The number of aromatic hydroxyl groups is 1. The summed E-state index contributed by atoms with van der Waals surface area (Å²) in [5.41, 5.74) is 4.01. The van der Waals surface area contributed by atoms with E-state index in [4.69, 9.17) is 4.74 Å². The Morgan fingerprint density at radius 1 is 0.933 bits per heavy atom. The molecule has 0 heterocycles. The second kappa shape index (κ2) is 10.5. The zero-order valence-corrected chi connectivity index (χ0v) is 17.5. The minimum atomic E-state index is -0.0808. The van der Waals surface area contributed by atoms with Gasteiger partial charge < -0.3 is 15.2 Å². The van der Waals surface area contributed by atoms with Gasteiger partial charge in [-0.05, 0) is 54.9 Å². The lowest BCUT2D eigenvalue weighted by Gasteiger charge is -2.18. The second-order valence-corrected chi connectivity index (χ2v) is 7.35. The van der Waals surface area contributed by atoms with Crippen LogP contribution >= 0.6 is 0 Å². The van der Waals surface area contributed by atoms with Crippen LogP contribution in [0.15, 0.2) is 72.8 Å². The maximum Gasteiger partial charge on any atom is 0.251 e. The lowest BCUT2D eigenvalue weighted by molar-refractivity contribution is 0.0954. The summed E-state index contributed by atoms with van der Waals surface area (Å²) in [5.74, 6) is 1.06. The van der Waals surface area contributed by atoms with Crippen LogP contribution in [0.1, 0.15) is 27.0 Å². The van der Waals surface area contributed by atoms with Crippen LogP contribution in [-0.4, -0.2) is 36.6 Å². The molecule has 5 nitrogen and oxygen atoms in total. The minimum Gasteiger partial charge on any atom is -0.508 e. The molecule has 3 aromatic rings. The Labute approximate surface area is 177 Å². The zero-order chi connectivity index (χ0) is 21.3. The average Bonchev–Trinajstić information content (AvgIpc) is 2.76. The smallest absolute Gasteiger partial charge is 0.251 e. The van der Waals surface area contributed by atoms with Crippen LogP contribution in [0.3, 0.4) is 0 Å². The molecule has 30 heavy (non-hydrogen) atoms. The Hall–Kier alpha value is -3.31. The van der Waals surface area contributed by atoms with E-state index < -0.39 is 0 Å². The number of methoxy groups -OCH3 is 1. The van der Waals surface area contributed by atoms with E-state index in [1.165, 1.54) is 0 Å². The molecule has 0 fully saturated rings. The van der Waals surface area contributed by atoms with Crippen LogP contribution in [0, 0.1) is 0 Å². The molecule has 0 aliphatic carbocycles. The first-order valence-electron chi connectivity index (χ1n) is 10.0. The van der Waals surface area contributed by atoms with Gasteiger partial charge in [0.05, 0.1) is 7.11 Å². The van der Waals surface area contributed by atoms with E-state index in [1.807, 2.05) is 54.6 Å². The van der Waals surface area contributed by atoms with Crippen LogP contribution in [-0.2, 0) is 19.5 Å². The highest BCUT2D eigenvalue weighted by atomic mass is 16.5. The van der Waals surface area contributed by atoms with Crippen LogP contribution in [0.4, 0.5) is 0 Å². The predicted molar refractivity (Wildman–Crippen MR) is 119 cm³/mol. The summed E-state index contributed by atoms with van der Waals surface area (Å²) < 4.78 is 5.42. The number of hydrogen-bond acceptors (Lipinski definition) is 4. The number of hydrogen-bond donors (Lipinski definition) is 2. The summed E-state index contributed by atoms with van der Waals surface area (Å²) >= 11 is 0. The molecule has 0 spiro atoms. The first-order chi connectivity index (χ1) is 14.5. The Bertz CT molecular complexity index is 953. The van der Waals surface area contributed by atoms with Gasteiger partial charge in [0.2, 0.25) is 0 Å². The standard InChI is InChI=1S/C25H28N2O3/c1-27(18-22-5-3-4-6-24(22)30-2)17-20-7-11-21(12-8-20)25(29)26-16-15-19-9-13-23(28)14-10-19/h3-14,28H,15-18H2,1-2H3,(H,26,29). The molecule has 3 rings (SSSR count). The number of rotatable bonds is 9. The van der Waals surface area contributed by atoms with Gasteiger partial charge in [-0.2, -0.15) is 0 Å². The SMILES string of the molecule is COc1ccccc1CN(C)Cc1ccc(C(=O)NCCc2ccc(O)cc2)cc1. The fourth-order valence-corrected chi connectivity index (χ4v) is 3.34. The van der Waals surface area contributed by atoms with E-state index in [2.05, 4.69) is 23.3 Å². The summed E-state index contributed by atoms with van der Waals surface area (Å²) in [6.07, 6.45) is 0.720. The Morgan fingerprint density at radius 3 is 2.30 bits per heavy atom. The summed E-state index contributed by atoms with van der Waals surface area (Å²) in [6, 6.07) is 22.8. The van der Waals surface area contributed by atoms with Crippen LogP contribution < -0.4 is 10.1 Å². The van der Waals surface area contributed by atoms with E-state index in [0.29, 0.717) is 12.1 Å². The molecule has 3 aromatic carbocycles. The number of amides is 1. The average molecular weight is 405 g/mol. The molecule has 156 valence electrons. The lowest BCUT2D eigenvalue weighted by Crippen LogP contribution is -2.25. The molecule has 0 bridgehead atoms. The van der Waals surface area contributed by atoms with Gasteiger partial charge in [0.25, 0.3) is 5.91 Å². The molecule has 1 amide bonds. The van der Waals surface area contributed by atoms with Gasteiger partial charge in [-0.25, -0.2) is 0 Å². The van der Waals surface area contributed by atoms with Crippen molar-refractivity contribution in [1.29, 1.82) is 0 Å². The highest BCUT2D eigenvalue weighted by molar-refractivity contribution is 5.94. The molecule has 0 aliphatic rings. The molecule has 0 saturated heterocycles. The number of benzene rings is 3. The fraction of sp³-hybridized carbons (Fsp3) is 0.240. The maximum atomic E-state index is 12.4. The molecule has 5 heteroatoms. The number of carbonyl (C=O) groups excluding carboxylic acids is 1. The number of ether oxygens (including phenoxy) is 1. The number of para-hydroxylation sites is 1. The molecule has 0 aromatic heterocycles. The third-order valence-electron chi connectivity index (χ3n) is 4.94. The molecule has 0 radical (unpaired) electrons. The minimum absolute atomic E-state index is 0.0808. The van der Waals surface area contributed by atoms with E-state index in [0.717, 1.165) is 42.0 Å².